The molecule has 0 unspecified atom stereocenters. The van der Waals surface area contributed by atoms with Crippen LogP contribution in [0.2, 0.25) is 0 Å². The highest BCUT2D eigenvalue weighted by atomic mass is 16.6. The van der Waals surface area contributed by atoms with Crippen LogP contribution in [0.4, 0.5) is 0 Å². The Morgan fingerprint density at radius 3 is 2.41 bits per heavy atom. The van der Waals surface area contributed by atoms with Gasteiger partial charge < -0.3 is 14.4 Å². The number of esters is 1. The van der Waals surface area contributed by atoms with Gasteiger partial charge in [-0.15, -0.1) is 0 Å². The van der Waals surface area contributed by atoms with E-state index < -0.39 is 0 Å². The van der Waals surface area contributed by atoms with Crippen LogP contribution in [0.3, 0.4) is 0 Å². The predicted molar refractivity (Wildman–Crippen MR) is 87.8 cm³/mol. The molecule has 4 nitrogen and oxygen atoms in total. The van der Waals surface area contributed by atoms with Crippen LogP contribution in [-0.2, 0) is 20.9 Å². The van der Waals surface area contributed by atoms with E-state index in [4.69, 9.17) is 9.47 Å². The van der Waals surface area contributed by atoms with E-state index in [1.807, 2.05) is 37.3 Å². The third kappa shape index (κ3) is 7.57. The minimum Gasteiger partial charge on any atom is -0.454 e. The van der Waals surface area contributed by atoms with Crippen LogP contribution in [0.1, 0.15) is 39.2 Å². The third-order valence-electron chi connectivity index (χ3n) is 3.68. The summed E-state index contributed by atoms with van der Waals surface area (Å²) in [7, 11) is 0. The summed E-state index contributed by atoms with van der Waals surface area (Å²) in [6, 6.07) is 10.1. The zero-order chi connectivity index (χ0) is 16.2. The summed E-state index contributed by atoms with van der Waals surface area (Å²) < 4.78 is 11.3. The zero-order valence-electron chi connectivity index (χ0n) is 14.1. The predicted octanol–water partition coefficient (Wildman–Crippen LogP) is 1.84. The Morgan fingerprint density at radius 1 is 1.14 bits per heavy atom. The third-order valence-corrected chi connectivity index (χ3v) is 3.68. The molecule has 4 heteroatoms. The van der Waals surface area contributed by atoms with Crippen LogP contribution in [0.15, 0.2) is 30.3 Å². The fourth-order valence-electron chi connectivity index (χ4n) is 2.33. The van der Waals surface area contributed by atoms with Crippen molar-refractivity contribution in [3.8, 4) is 0 Å². The molecular formula is C18H30NO3+. The molecule has 1 N–H and O–H groups in total. The van der Waals surface area contributed by atoms with Gasteiger partial charge in [-0.1, -0.05) is 37.3 Å². The molecule has 0 bridgehead atoms. The Hall–Kier alpha value is -1.39. The first-order chi connectivity index (χ1) is 10.7. The lowest BCUT2D eigenvalue weighted by Gasteiger charge is -2.23. The highest BCUT2D eigenvalue weighted by molar-refractivity contribution is 5.69. The number of hydrogen-bond acceptors (Lipinski definition) is 3. The van der Waals surface area contributed by atoms with E-state index in [0.29, 0.717) is 19.6 Å². The van der Waals surface area contributed by atoms with Gasteiger partial charge in [0.05, 0.1) is 26.3 Å². The summed E-state index contributed by atoms with van der Waals surface area (Å²) in [4.78, 5) is 13.2. The van der Waals surface area contributed by atoms with Crippen LogP contribution >= 0.6 is 0 Å². The summed E-state index contributed by atoms with van der Waals surface area (Å²) in [5.74, 6) is -0.123. The molecule has 0 aliphatic heterocycles. The lowest BCUT2D eigenvalue weighted by atomic mass is 10.2. The van der Waals surface area contributed by atoms with E-state index in [1.165, 1.54) is 4.90 Å². The van der Waals surface area contributed by atoms with Gasteiger partial charge >= 0.3 is 5.97 Å². The van der Waals surface area contributed by atoms with Crippen LogP contribution in [0, 0.1) is 0 Å². The monoisotopic (exact) mass is 308 g/mol. The maximum atomic E-state index is 11.8. The van der Waals surface area contributed by atoms with Gasteiger partial charge in [-0.2, -0.15) is 0 Å². The van der Waals surface area contributed by atoms with Crippen molar-refractivity contribution in [1.29, 1.82) is 0 Å². The molecule has 1 atom stereocenters. The normalized spacial score (nSPS) is 12.4. The van der Waals surface area contributed by atoms with Crippen molar-refractivity contribution in [3.63, 3.8) is 0 Å². The number of benzene rings is 1. The topological polar surface area (TPSA) is 40.0 Å². The smallest absolute Gasteiger partial charge is 0.306 e. The Bertz CT molecular complexity index is 404. The number of ether oxygens (including phenoxy) is 2. The molecule has 0 fully saturated rings. The first kappa shape index (κ1) is 18.7. The van der Waals surface area contributed by atoms with Gasteiger partial charge in [0, 0.05) is 6.42 Å². The number of carbonyl (C=O) groups is 1. The number of rotatable bonds is 11. The average Bonchev–Trinajstić information content (AvgIpc) is 2.53. The molecule has 0 saturated carbocycles. The highest BCUT2D eigenvalue weighted by Gasteiger charge is 2.19. The van der Waals surface area contributed by atoms with Crippen molar-refractivity contribution < 1.29 is 19.2 Å². The summed E-state index contributed by atoms with van der Waals surface area (Å²) in [6.45, 7) is 10.1. The standard InChI is InChI=1S/C18H29NO3/c1-4-10-18(20)22-17(13-19(5-2)6-3)15-21-14-16-11-8-7-9-12-16/h7-9,11-12,17H,4-6,10,13-15H2,1-3H3/p+1/t17-/m0/s1. The van der Waals surface area contributed by atoms with E-state index >= 15 is 0 Å². The van der Waals surface area contributed by atoms with Gasteiger partial charge in [-0.25, -0.2) is 0 Å². The van der Waals surface area contributed by atoms with Gasteiger partial charge in [0.25, 0.3) is 0 Å². The number of likely N-dealkylation sites (N-methyl/N-ethyl adjacent to an activating group) is 1. The SMILES string of the molecule is CCCC(=O)O[C@H](COCc1ccccc1)C[NH+](CC)CC. The van der Waals surface area contributed by atoms with E-state index in [2.05, 4.69) is 13.8 Å². The average molecular weight is 308 g/mol. The molecule has 1 aromatic rings. The van der Waals surface area contributed by atoms with Gasteiger partial charge in [-0.05, 0) is 25.8 Å². The van der Waals surface area contributed by atoms with Crippen molar-refractivity contribution >= 4 is 5.97 Å². The van der Waals surface area contributed by atoms with Crippen LogP contribution in [0.25, 0.3) is 0 Å². The molecule has 0 aromatic heterocycles. The molecule has 0 heterocycles. The highest BCUT2D eigenvalue weighted by Crippen LogP contribution is 2.03. The van der Waals surface area contributed by atoms with E-state index in [9.17, 15) is 4.79 Å². The molecule has 0 saturated heterocycles. The van der Waals surface area contributed by atoms with Crippen molar-refractivity contribution in [1.82, 2.24) is 0 Å². The molecule has 0 aliphatic carbocycles. The van der Waals surface area contributed by atoms with Crippen LogP contribution in [0.5, 0.6) is 0 Å². The number of nitrogens with one attached hydrogen (secondary N) is 1. The van der Waals surface area contributed by atoms with Gasteiger partial charge in [0.1, 0.15) is 6.54 Å². The van der Waals surface area contributed by atoms with E-state index in [0.717, 1.165) is 31.6 Å². The molecule has 0 amide bonds. The Balaban J connectivity index is 2.47. The lowest BCUT2D eigenvalue weighted by Crippen LogP contribution is -3.12. The van der Waals surface area contributed by atoms with E-state index in [-0.39, 0.29) is 12.1 Å². The van der Waals surface area contributed by atoms with E-state index in [1.54, 1.807) is 0 Å². The summed E-state index contributed by atoms with van der Waals surface area (Å²) in [5, 5.41) is 0. The Kier molecular flexibility index (Phi) is 9.51. The van der Waals surface area contributed by atoms with Gasteiger partial charge in [0.15, 0.2) is 6.10 Å². The second-order valence-corrected chi connectivity index (χ2v) is 5.52. The summed E-state index contributed by atoms with van der Waals surface area (Å²) >= 11 is 0. The van der Waals surface area contributed by atoms with Gasteiger partial charge in [0.2, 0.25) is 0 Å². The minimum absolute atomic E-state index is 0.123. The molecule has 22 heavy (non-hydrogen) atoms. The molecule has 1 aromatic carbocycles. The second-order valence-electron chi connectivity index (χ2n) is 5.52. The Labute approximate surface area is 134 Å². The summed E-state index contributed by atoms with van der Waals surface area (Å²) in [6.07, 6.45) is 1.12. The number of hydrogen-bond donors (Lipinski definition) is 1. The van der Waals surface area contributed by atoms with Crippen LogP contribution < -0.4 is 4.90 Å². The Morgan fingerprint density at radius 2 is 1.82 bits per heavy atom. The lowest BCUT2D eigenvalue weighted by molar-refractivity contribution is -0.899. The molecule has 1 rings (SSSR count). The maximum absolute atomic E-state index is 11.8. The molecular weight excluding hydrogens is 278 g/mol. The van der Waals surface area contributed by atoms with Crippen molar-refractivity contribution in [2.24, 2.45) is 0 Å². The number of carbonyl (C=O) groups excluding carboxylic acids is 1. The first-order valence-corrected chi connectivity index (χ1v) is 8.34. The van der Waals surface area contributed by atoms with Crippen molar-refractivity contribution in [2.75, 3.05) is 26.2 Å². The van der Waals surface area contributed by atoms with Gasteiger partial charge in [-0.3, -0.25) is 4.79 Å². The largest absolute Gasteiger partial charge is 0.454 e. The fourth-order valence-corrected chi connectivity index (χ4v) is 2.33. The maximum Gasteiger partial charge on any atom is 0.306 e. The van der Waals surface area contributed by atoms with Crippen LogP contribution in [-0.4, -0.2) is 38.3 Å². The molecule has 0 spiro atoms. The summed E-state index contributed by atoms with van der Waals surface area (Å²) in [5.41, 5.74) is 1.14. The second kappa shape index (κ2) is 11.2. The molecule has 0 radical (unpaired) electrons. The number of quaternary nitrogens is 1. The zero-order valence-corrected chi connectivity index (χ0v) is 14.1. The van der Waals surface area contributed by atoms with Crippen molar-refractivity contribution in [2.45, 2.75) is 46.3 Å². The molecule has 124 valence electrons. The fraction of sp³-hybridized carbons (Fsp3) is 0.611. The minimum atomic E-state index is -0.169. The first-order valence-electron chi connectivity index (χ1n) is 8.34. The van der Waals surface area contributed by atoms with Crippen molar-refractivity contribution in [3.05, 3.63) is 35.9 Å². The quantitative estimate of drug-likeness (QED) is 0.634. The molecule has 0 aliphatic rings.